The van der Waals surface area contributed by atoms with Crippen LogP contribution >= 0.6 is 0 Å². The Hall–Kier alpha value is -3.91. The molecule has 3 atom stereocenters. The number of benzene rings is 1. The molecule has 10 nitrogen and oxygen atoms in total. The minimum atomic E-state index is -1.42. The number of nitrogens with two attached hydrogens (primary N) is 1. The summed E-state index contributed by atoms with van der Waals surface area (Å²) in [5.74, 6) is -1.87. The summed E-state index contributed by atoms with van der Waals surface area (Å²) in [7, 11) is 0. The maximum atomic E-state index is 15.5. The van der Waals surface area contributed by atoms with E-state index in [4.69, 9.17) is 15.9 Å². The normalized spacial score (nSPS) is 25.8. The number of carbonyl (C=O) groups excluding carboxylic acids is 2. The van der Waals surface area contributed by atoms with Crippen LogP contribution in [0.2, 0.25) is 0 Å². The van der Waals surface area contributed by atoms with E-state index >= 15 is 4.39 Å². The van der Waals surface area contributed by atoms with Gasteiger partial charge in [-0.25, -0.2) is 4.39 Å². The van der Waals surface area contributed by atoms with Crippen molar-refractivity contribution < 1.29 is 18.7 Å². The molecule has 1 saturated heterocycles. The van der Waals surface area contributed by atoms with Crippen LogP contribution in [-0.2, 0) is 20.9 Å². The monoisotopic (exact) mass is 495 g/mol. The third kappa shape index (κ3) is 5.83. The van der Waals surface area contributed by atoms with Crippen LogP contribution in [0.25, 0.3) is 0 Å². The van der Waals surface area contributed by atoms with Gasteiger partial charge in [-0.1, -0.05) is 24.3 Å². The lowest BCUT2D eigenvalue weighted by Gasteiger charge is -2.43. The van der Waals surface area contributed by atoms with E-state index in [-0.39, 0.29) is 36.6 Å². The van der Waals surface area contributed by atoms with Gasteiger partial charge in [0, 0.05) is 43.5 Å². The number of nitriles is 1. The van der Waals surface area contributed by atoms with Crippen molar-refractivity contribution in [3.05, 3.63) is 59.6 Å². The number of ether oxygens (including phenoxy) is 1. The van der Waals surface area contributed by atoms with Gasteiger partial charge in [-0.2, -0.15) is 5.26 Å². The number of halogens is 1. The molecular formula is C25H30FN7O3. The molecule has 1 saturated carbocycles. The van der Waals surface area contributed by atoms with Crippen molar-refractivity contribution in [1.29, 1.82) is 10.7 Å². The first kappa shape index (κ1) is 25.2. The Kier molecular flexibility index (Phi) is 7.55. The molecule has 11 heteroatoms. The number of alkyl halides is 1. The van der Waals surface area contributed by atoms with Crippen LogP contribution < -0.4 is 21.7 Å². The Bertz CT molecular complexity index is 1100. The number of piperidine rings is 1. The zero-order valence-corrected chi connectivity index (χ0v) is 19.8. The molecule has 2 aliphatic heterocycles. The van der Waals surface area contributed by atoms with Crippen LogP contribution in [0, 0.1) is 22.7 Å². The molecule has 1 aliphatic carbocycles. The average Bonchev–Trinajstić information content (AvgIpc) is 3.56. The lowest BCUT2D eigenvalue weighted by molar-refractivity contribution is -0.120. The summed E-state index contributed by atoms with van der Waals surface area (Å²) in [4.78, 5) is 25.9. The summed E-state index contributed by atoms with van der Waals surface area (Å²) >= 11 is 0. The first-order valence-corrected chi connectivity index (χ1v) is 11.9. The number of nitrogens with one attached hydrogen (secondary N) is 4. The van der Waals surface area contributed by atoms with Gasteiger partial charge in [0.05, 0.1) is 23.6 Å². The highest BCUT2D eigenvalue weighted by atomic mass is 19.1. The standard InChI is InChI=1S/C25H30FN7O3/c26-20-15-33(14-16-1-3-18(4-2-16)24-30-10-12-36-24)11-8-25(20,7-9-27)31-13-19(22(29)34)21(28)32-23(35)17-5-6-17/h1-4,10,12-13,17,20,24,30-31H,5-8,11,14-15H2,(H2,29,34)(H2,28,32,35)/b19-13+. The molecular weight excluding hydrogens is 465 g/mol. The van der Waals surface area contributed by atoms with Gasteiger partial charge in [-0.3, -0.25) is 19.9 Å². The van der Waals surface area contributed by atoms with Gasteiger partial charge >= 0.3 is 0 Å². The van der Waals surface area contributed by atoms with Crippen LogP contribution in [0.3, 0.4) is 0 Å². The number of rotatable bonds is 9. The Morgan fingerprint density at radius 1 is 1.36 bits per heavy atom. The predicted octanol–water partition coefficient (Wildman–Crippen LogP) is 1.43. The minimum Gasteiger partial charge on any atom is -0.473 e. The van der Waals surface area contributed by atoms with E-state index in [0.717, 1.165) is 30.2 Å². The van der Waals surface area contributed by atoms with E-state index in [9.17, 15) is 14.9 Å². The number of amides is 2. The van der Waals surface area contributed by atoms with E-state index in [1.54, 1.807) is 12.5 Å². The van der Waals surface area contributed by atoms with Crippen LogP contribution in [0.5, 0.6) is 0 Å². The van der Waals surface area contributed by atoms with Crippen LogP contribution in [0.1, 0.15) is 43.0 Å². The number of hydrogen-bond donors (Lipinski definition) is 5. The molecule has 0 spiro atoms. The van der Waals surface area contributed by atoms with Gasteiger partial charge in [0.2, 0.25) is 5.91 Å². The summed E-state index contributed by atoms with van der Waals surface area (Å²) in [6.45, 7) is 1.15. The molecule has 190 valence electrons. The van der Waals surface area contributed by atoms with E-state index in [2.05, 4.69) is 16.0 Å². The smallest absolute Gasteiger partial charge is 0.253 e. The van der Waals surface area contributed by atoms with Crippen molar-refractivity contribution >= 4 is 17.6 Å². The Morgan fingerprint density at radius 3 is 2.69 bits per heavy atom. The topological polar surface area (TPSA) is 156 Å². The summed E-state index contributed by atoms with van der Waals surface area (Å²) in [6, 6.07) is 9.91. The zero-order chi connectivity index (χ0) is 25.7. The highest BCUT2D eigenvalue weighted by Gasteiger charge is 2.43. The van der Waals surface area contributed by atoms with Crippen molar-refractivity contribution in [1.82, 2.24) is 20.9 Å². The van der Waals surface area contributed by atoms with Crippen molar-refractivity contribution in [2.75, 3.05) is 13.1 Å². The van der Waals surface area contributed by atoms with Crippen molar-refractivity contribution in [3.63, 3.8) is 0 Å². The number of carbonyl (C=O) groups is 2. The maximum absolute atomic E-state index is 15.5. The summed E-state index contributed by atoms with van der Waals surface area (Å²) in [5.41, 5.74) is 5.90. The second-order valence-electron chi connectivity index (χ2n) is 9.38. The largest absolute Gasteiger partial charge is 0.473 e. The Labute approximate surface area is 208 Å². The third-order valence-corrected chi connectivity index (χ3v) is 6.74. The van der Waals surface area contributed by atoms with E-state index in [1.807, 2.05) is 35.2 Å². The van der Waals surface area contributed by atoms with Gasteiger partial charge in [0.15, 0.2) is 6.23 Å². The fourth-order valence-electron chi connectivity index (χ4n) is 4.34. The lowest BCUT2D eigenvalue weighted by atomic mass is 9.83. The fraction of sp³-hybridized carbons (Fsp3) is 0.440. The van der Waals surface area contributed by atoms with Gasteiger partial charge in [0.1, 0.15) is 18.3 Å². The number of hydrogen-bond acceptors (Lipinski definition) is 8. The first-order valence-electron chi connectivity index (χ1n) is 11.9. The van der Waals surface area contributed by atoms with Gasteiger partial charge in [-0.15, -0.1) is 0 Å². The molecule has 3 unspecified atom stereocenters. The highest BCUT2D eigenvalue weighted by Crippen LogP contribution is 2.31. The third-order valence-electron chi connectivity index (χ3n) is 6.74. The van der Waals surface area contributed by atoms with E-state index in [1.165, 1.54) is 0 Å². The second kappa shape index (κ2) is 10.8. The Balaban J connectivity index is 1.39. The molecule has 6 N–H and O–H groups in total. The summed E-state index contributed by atoms with van der Waals surface area (Å²) < 4.78 is 21.0. The minimum absolute atomic E-state index is 0.0866. The average molecular weight is 496 g/mol. The predicted molar refractivity (Wildman–Crippen MR) is 129 cm³/mol. The number of nitrogens with zero attached hydrogens (tertiary/aromatic N) is 2. The molecule has 0 aromatic heterocycles. The molecule has 36 heavy (non-hydrogen) atoms. The van der Waals surface area contributed by atoms with Gasteiger partial charge in [0.25, 0.3) is 5.91 Å². The molecule has 2 heterocycles. The molecule has 2 amide bonds. The van der Waals surface area contributed by atoms with Gasteiger partial charge in [-0.05, 0) is 24.8 Å². The number of primary amides is 1. The summed E-state index contributed by atoms with van der Waals surface area (Å²) in [6.07, 6.45) is 4.52. The van der Waals surface area contributed by atoms with Crippen LogP contribution in [0.15, 0.2) is 48.5 Å². The summed E-state index contributed by atoms with van der Waals surface area (Å²) in [5, 5.41) is 25.8. The maximum Gasteiger partial charge on any atom is 0.253 e. The van der Waals surface area contributed by atoms with Gasteiger partial charge < -0.3 is 26.4 Å². The quantitative estimate of drug-likeness (QED) is 0.197. The number of likely N-dealkylation sites (tertiary alicyclic amines) is 1. The fourth-order valence-corrected chi connectivity index (χ4v) is 4.34. The first-order chi connectivity index (χ1) is 17.3. The highest BCUT2D eigenvalue weighted by molar-refractivity contribution is 6.22. The van der Waals surface area contributed by atoms with E-state index in [0.29, 0.717) is 19.5 Å². The zero-order valence-electron chi connectivity index (χ0n) is 19.8. The SMILES string of the molecule is N#CCC1(N/C=C(\C(=N)NC(=O)C2CC2)C(N)=O)CCN(Cc2ccc(C3NC=CO3)cc2)CC1F. The van der Waals surface area contributed by atoms with Crippen molar-refractivity contribution in [2.45, 2.75) is 50.2 Å². The van der Waals surface area contributed by atoms with Crippen LogP contribution in [0.4, 0.5) is 4.39 Å². The van der Waals surface area contributed by atoms with Crippen molar-refractivity contribution in [2.24, 2.45) is 11.7 Å². The Morgan fingerprint density at radius 2 is 2.11 bits per heavy atom. The lowest BCUT2D eigenvalue weighted by Crippen LogP contribution is -2.60. The molecule has 3 aliphatic rings. The van der Waals surface area contributed by atoms with Crippen molar-refractivity contribution in [3.8, 4) is 6.07 Å². The molecule has 1 aromatic carbocycles. The molecule has 2 fully saturated rings. The molecule has 0 radical (unpaired) electrons. The molecule has 1 aromatic rings. The molecule has 0 bridgehead atoms. The second-order valence-corrected chi connectivity index (χ2v) is 9.38. The van der Waals surface area contributed by atoms with E-state index < -0.39 is 23.5 Å². The molecule has 4 rings (SSSR count). The number of amidine groups is 1. The van der Waals surface area contributed by atoms with Crippen LogP contribution in [-0.4, -0.2) is 47.4 Å².